The zero-order valence-electron chi connectivity index (χ0n) is 10.8. The van der Waals surface area contributed by atoms with Crippen molar-refractivity contribution >= 4 is 25.5 Å². The van der Waals surface area contributed by atoms with Crippen LogP contribution >= 0.6 is 0 Å². The van der Waals surface area contributed by atoms with Gasteiger partial charge in [0.15, 0.2) is 9.84 Å². The fraction of sp³-hybridized carbons (Fsp3) is 0.455. The van der Waals surface area contributed by atoms with Crippen LogP contribution in [0.25, 0.3) is 0 Å². The third kappa shape index (κ3) is 3.10. The van der Waals surface area contributed by atoms with Crippen LogP contribution in [0.5, 0.6) is 0 Å². The summed E-state index contributed by atoms with van der Waals surface area (Å²) in [6.45, 7) is 1.41. The number of hydrogen-bond donors (Lipinski definition) is 2. The largest absolute Gasteiger partial charge is 0.396 e. The molecule has 0 saturated carbocycles. The van der Waals surface area contributed by atoms with Crippen molar-refractivity contribution in [3.8, 4) is 0 Å². The number of nitrogens with one attached hydrogen (secondary N) is 1. The van der Waals surface area contributed by atoms with E-state index in [9.17, 15) is 21.2 Å². The van der Waals surface area contributed by atoms with Gasteiger partial charge in [0.05, 0.1) is 22.1 Å². The van der Waals surface area contributed by atoms with Crippen molar-refractivity contribution in [2.45, 2.75) is 24.3 Å². The van der Waals surface area contributed by atoms with Gasteiger partial charge < -0.3 is 5.73 Å². The summed E-state index contributed by atoms with van der Waals surface area (Å²) in [5.41, 5.74) is 5.26. The second-order valence-corrected chi connectivity index (χ2v) is 8.81. The molecule has 1 atom stereocenters. The van der Waals surface area contributed by atoms with Crippen LogP contribution in [0.15, 0.2) is 17.0 Å². The van der Waals surface area contributed by atoms with Crippen LogP contribution in [-0.4, -0.2) is 34.4 Å². The third-order valence-corrected chi connectivity index (χ3v) is 6.39. The lowest BCUT2D eigenvalue weighted by Crippen LogP contribution is -2.35. The van der Waals surface area contributed by atoms with Gasteiger partial charge in [0.2, 0.25) is 10.0 Å². The quantitative estimate of drug-likeness (QED) is 0.772. The highest BCUT2D eigenvalue weighted by Gasteiger charge is 2.31. The van der Waals surface area contributed by atoms with E-state index in [1.165, 1.54) is 6.92 Å². The Balaban J connectivity index is 2.28. The summed E-state index contributed by atoms with van der Waals surface area (Å²) >= 11 is 0. The van der Waals surface area contributed by atoms with E-state index in [0.29, 0.717) is 0 Å². The minimum atomic E-state index is -3.92. The second-order valence-electron chi connectivity index (χ2n) is 4.86. The highest BCUT2D eigenvalue weighted by molar-refractivity contribution is 7.92. The lowest BCUT2D eigenvalue weighted by atomic mass is 10.2. The number of aryl methyl sites for hydroxylation is 1. The number of rotatable bonds is 3. The predicted octanol–water partition coefficient (Wildman–Crippen LogP) is 0.182. The Hall–Kier alpha value is -1.19. The maximum Gasteiger partial charge on any atom is 0.240 e. The number of halogens is 1. The van der Waals surface area contributed by atoms with E-state index in [1.54, 1.807) is 0 Å². The Morgan fingerprint density at radius 3 is 2.55 bits per heavy atom. The van der Waals surface area contributed by atoms with Crippen LogP contribution < -0.4 is 10.5 Å². The van der Waals surface area contributed by atoms with Gasteiger partial charge in [-0.1, -0.05) is 0 Å². The van der Waals surface area contributed by atoms with Crippen molar-refractivity contribution in [3.05, 3.63) is 23.5 Å². The van der Waals surface area contributed by atoms with Crippen LogP contribution in [-0.2, 0) is 19.9 Å². The molecule has 0 bridgehead atoms. The van der Waals surface area contributed by atoms with E-state index < -0.39 is 31.7 Å². The molecule has 0 aromatic heterocycles. The second kappa shape index (κ2) is 4.97. The summed E-state index contributed by atoms with van der Waals surface area (Å²) in [5.74, 6) is -0.917. The van der Waals surface area contributed by atoms with Gasteiger partial charge in [0.1, 0.15) is 5.82 Å². The molecule has 0 spiro atoms. The topological polar surface area (TPSA) is 106 Å². The zero-order chi connectivity index (χ0) is 15.1. The minimum Gasteiger partial charge on any atom is -0.396 e. The Morgan fingerprint density at radius 2 is 2.05 bits per heavy atom. The Bertz CT molecular complexity index is 721. The SMILES string of the molecule is Cc1cc(S(=O)(=O)NC2CCS(=O)(=O)C2)cc(N)c1F. The van der Waals surface area contributed by atoms with Crippen molar-refractivity contribution in [3.63, 3.8) is 0 Å². The third-order valence-electron chi connectivity index (χ3n) is 3.12. The first-order chi connectivity index (χ1) is 9.11. The molecule has 1 saturated heterocycles. The van der Waals surface area contributed by atoms with Gasteiger partial charge in [-0.3, -0.25) is 0 Å². The van der Waals surface area contributed by atoms with Crippen LogP contribution in [0.1, 0.15) is 12.0 Å². The summed E-state index contributed by atoms with van der Waals surface area (Å²) in [5, 5.41) is 0. The molecule has 0 radical (unpaired) electrons. The van der Waals surface area contributed by atoms with Gasteiger partial charge in [-0.25, -0.2) is 25.9 Å². The molecule has 1 aromatic carbocycles. The maximum atomic E-state index is 13.4. The fourth-order valence-corrected chi connectivity index (χ4v) is 5.26. The van der Waals surface area contributed by atoms with Gasteiger partial charge in [-0.15, -0.1) is 0 Å². The zero-order valence-corrected chi connectivity index (χ0v) is 12.4. The molecule has 1 unspecified atom stereocenters. The standard InChI is InChI=1S/C11H15FN2O4S2/c1-7-4-9(5-10(13)11(7)12)20(17,18)14-8-2-3-19(15,16)6-8/h4-5,8,14H,2-3,6,13H2,1H3. The molecule has 0 aliphatic carbocycles. The van der Waals surface area contributed by atoms with Crippen LogP contribution in [0, 0.1) is 12.7 Å². The first kappa shape index (κ1) is 15.2. The molecule has 20 heavy (non-hydrogen) atoms. The molecule has 2 rings (SSSR count). The van der Waals surface area contributed by atoms with E-state index in [1.807, 2.05) is 0 Å². The van der Waals surface area contributed by atoms with Gasteiger partial charge in [0.25, 0.3) is 0 Å². The first-order valence-electron chi connectivity index (χ1n) is 5.89. The van der Waals surface area contributed by atoms with E-state index in [4.69, 9.17) is 5.73 Å². The number of sulfone groups is 1. The molecule has 6 nitrogen and oxygen atoms in total. The van der Waals surface area contributed by atoms with Crippen molar-refractivity contribution in [1.82, 2.24) is 4.72 Å². The first-order valence-corrected chi connectivity index (χ1v) is 9.19. The minimum absolute atomic E-state index is 0.0369. The highest BCUT2D eigenvalue weighted by Crippen LogP contribution is 2.22. The van der Waals surface area contributed by atoms with Crippen molar-refractivity contribution in [2.24, 2.45) is 0 Å². The van der Waals surface area contributed by atoms with Crippen LogP contribution in [0.3, 0.4) is 0 Å². The number of nitrogens with two attached hydrogens (primary N) is 1. The molecule has 1 heterocycles. The van der Waals surface area contributed by atoms with Crippen molar-refractivity contribution in [2.75, 3.05) is 17.2 Å². The normalized spacial score (nSPS) is 22.0. The Kier molecular flexibility index (Phi) is 3.78. The lowest BCUT2D eigenvalue weighted by molar-refractivity contribution is 0.561. The monoisotopic (exact) mass is 322 g/mol. The molecule has 1 aliphatic rings. The van der Waals surface area contributed by atoms with Gasteiger partial charge >= 0.3 is 0 Å². The van der Waals surface area contributed by atoms with Crippen LogP contribution in [0.2, 0.25) is 0 Å². The highest BCUT2D eigenvalue weighted by atomic mass is 32.2. The van der Waals surface area contributed by atoms with Crippen molar-refractivity contribution in [1.29, 1.82) is 0 Å². The molecular weight excluding hydrogens is 307 g/mol. The smallest absolute Gasteiger partial charge is 0.240 e. The summed E-state index contributed by atoms with van der Waals surface area (Å²) in [6, 6.07) is 1.53. The number of nitrogen functional groups attached to an aromatic ring is 1. The molecule has 112 valence electrons. The summed E-state index contributed by atoms with van der Waals surface area (Å²) < 4.78 is 62.6. The number of hydrogen-bond acceptors (Lipinski definition) is 5. The molecule has 1 aliphatic heterocycles. The average Bonchev–Trinajstić information content (AvgIpc) is 2.64. The summed E-state index contributed by atoms with van der Waals surface area (Å²) in [4.78, 5) is -0.168. The number of anilines is 1. The van der Waals surface area contributed by atoms with Crippen LogP contribution in [0.4, 0.5) is 10.1 Å². The maximum absolute atomic E-state index is 13.4. The predicted molar refractivity (Wildman–Crippen MR) is 72.9 cm³/mol. The van der Waals surface area contributed by atoms with E-state index in [0.717, 1.165) is 12.1 Å². The van der Waals surface area contributed by atoms with Gasteiger partial charge in [-0.2, -0.15) is 0 Å². The Morgan fingerprint density at radius 1 is 1.40 bits per heavy atom. The Labute approximate surface area is 117 Å². The summed E-state index contributed by atoms with van der Waals surface area (Å²) in [6.07, 6.45) is 0.233. The molecule has 9 heteroatoms. The van der Waals surface area contributed by atoms with E-state index >= 15 is 0 Å². The van der Waals surface area contributed by atoms with Gasteiger partial charge in [0, 0.05) is 6.04 Å². The van der Waals surface area contributed by atoms with Crippen molar-refractivity contribution < 1.29 is 21.2 Å². The molecule has 1 aromatic rings. The molecular formula is C11H15FN2O4S2. The number of sulfonamides is 1. The van der Waals surface area contributed by atoms with E-state index in [-0.39, 0.29) is 34.1 Å². The average molecular weight is 322 g/mol. The van der Waals surface area contributed by atoms with Gasteiger partial charge in [-0.05, 0) is 31.0 Å². The summed E-state index contributed by atoms with van der Waals surface area (Å²) in [7, 11) is -7.10. The lowest BCUT2D eigenvalue weighted by Gasteiger charge is -2.13. The number of benzene rings is 1. The van der Waals surface area contributed by atoms with E-state index in [2.05, 4.69) is 4.72 Å². The molecule has 1 fully saturated rings. The molecule has 3 N–H and O–H groups in total. The molecule has 0 amide bonds. The fourth-order valence-electron chi connectivity index (χ4n) is 2.09.